The Labute approximate surface area is 71.9 Å². The summed E-state index contributed by atoms with van der Waals surface area (Å²) < 4.78 is 5.50. The molecule has 11 heavy (non-hydrogen) atoms. The molecule has 0 aromatic carbocycles. The standard InChI is InChI=1S/C7H6BrNO2/c8-7-5(3-10)6(11-9-7)4-1-2-4/h3-4H,1-2H2. The highest BCUT2D eigenvalue weighted by molar-refractivity contribution is 9.10. The number of aromatic nitrogens is 1. The van der Waals surface area contributed by atoms with Crippen molar-refractivity contribution in [3.8, 4) is 0 Å². The fourth-order valence-corrected chi connectivity index (χ4v) is 1.40. The lowest BCUT2D eigenvalue weighted by atomic mass is 10.2. The van der Waals surface area contributed by atoms with Gasteiger partial charge in [0.2, 0.25) is 0 Å². The number of rotatable bonds is 2. The minimum Gasteiger partial charge on any atom is -0.359 e. The molecule has 1 fully saturated rings. The van der Waals surface area contributed by atoms with E-state index in [0.717, 1.165) is 24.9 Å². The van der Waals surface area contributed by atoms with E-state index in [2.05, 4.69) is 21.1 Å². The van der Waals surface area contributed by atoms with Crippen molar-refractivity contribution in [1.29, 1.82) is 0 Å². The Morgan fingerprint density at radius 3 is 2.91 bits per heavy atom. The van der Waals surface area contributed by atoms with Gasteiger partial charge in [-0.3, -0.25) is 4.79 Å². The van der Waals surface area contributed by atoms with Crippen molar-refractivity contribution in [2.45, 2.75) is 18.8 Å². The SMILES string of the molecule is O=Cc1c(Br)noc1C1CC1. The fraction of sp³-hybridized carbons (Fsp3) is 0.429. The van der Waals surface area contributed by atoms with Crippen LogP contribution in [0.3, 0.4) is 0 Å². The van der Waals surface area contributed by atoms with E-state index >= 15 is 0 Å². The Balaban J connectivity index is 2.44. The quantitative estimate of drug-likeness (QED) is 0.711. The Morgan fingerprint density at radius 1 is 1.64 bits per heavy atom. The molecular weight excluding hydrogens is 210 g/mol. The summed E-state index contributed by atoms with van der Waals surface area (Å²) in [5.41, 5.74) is 0.576. The molecule has 0 amide bonds. The van der Waals surface area contributed by atoms with Crippen molar-refractivity contribution in [2.24, 2.45) is 0 Å². The van der Waals surface area contributed by atoms with Gasteiger partial charge in [-0.2, -0.15) is 0 Å². The van der Waals surface area contributed by atoms with Gasteiger partial charge in [0, 0.05) is 5.92 Å². The Morgan fingerprint density at radius 2 is 2.36 bits per heavy atom. The maximum atomic E-state index is 10.5. The zero-order valence-corrected chi connectivity index (χ0v) is 7.30. The lowest BCUT2D eigenvalue weighted by Crippen LogP contribution is -1.83. The molecule has 58 valence electrons. The van der Waals surface area contributed by atoms with Crippen LogP contribution in [0.4, 0.5) is 0 Å². The molecule has 0 N–H and O–H groups in total. The zero-order chi connectivity index (χ0) is 7.84. The molecule has 0 radical (unpaired) electrons. The highest BCUT2D eigenvalue weighted by Crippen LogP contribution is 2.42. The number of aldehydes is 1. The number of carbonyl (C=O) groups excluding carboxylic acids is 1. The number of carbonyl (C=O) groups is 1. The zero-order valence-electron chi connectivity index (χ0n) is 5.71. The van der Waals surface area contributed by atoms with Crippen LogP contribution in [-0.4, -0.2) is 11.4 Å². The van der Waals surface area contributed by atoms with Crippen LogP contribution in [0.1, 0.15) is 34.9 Å². The summed E-state index contributed by atoms with van der Waals surface area (Å²) >= 11 is 3.14. The van der Waals surface area contributed by atoms with Crippen LogP contribution in [0.15, 0.2) is 9.13 Å². The maximum absolute atomic E-state index is 10.5. The van der Waals surface area contributed by atoms with Gasteiger partial charge in [0.15, 0.2) is 16.6 Å². The second-order valence-electron chi connectivity index (χ2n) is 2.64. The molecule has 0 atom stereocenters. The van der Waals surface area contributed by atoms with Gasteiger partial charge in [0.05, 0.1) is 5.56 Å². The van der Waals surface area contributed by atoms with Gasteiger partial charge in [-0.15, -0.1) is 0 Å². The first-order valence-electron chi connectivity index (χ1n) is 3.43. The second-order valence-corrected chi connectivity index (χ2v) is 3.39. The van der Waals surface area contributed by atoms with Crippen LogP contribution in [0.5, 0.6) is 0 Å². The number of hydrogen-bond donors (Lipinski definition) is 0. The molecule has 1 aliphatic carbocycles. The molecule has 1 aliphatic rings. The number of halogens is 1. The molecule has 1 aromatic heterocycles. The van der Waals surface area contributed by atoms with E-state index in [1.54, 1.807) is 0 Å². The monoisotopic (exact) mass is 215 g/mol. The molecule has 1 aromatic rings. The summed E-state index contributed by atoms with van der Waals surface area (Å²) in [6, 6.07) is 0. The number of nitrogens with zero attached hydrogens (tertiary/aromatic N) is 1. The van der Waals surface area contributed by atoms with Crippen LogP contribution in [-0.2, 0) is 0 Å². The molecule has 0 aliphatic heterocycles. The summed E-state index contributed by atoms with van der Waals surface area (Å²) in [4.78, 5) is 10.5. The molecule has 4 heteroatoms. The average molecular weight is 216 g/mol. The van der Waals surface area contributed by atoms with Gasteiger partial charge in [0.25, 0.3) is 0 Å². The van der Waals surface area contributed by atoms with Gasteiger partial charge in [0.1, 0.15) is 0 Å². The van der Waals surface area contributed by atoms with Crippen LogP contribution >= 0.6 is 15.9 Å². The first-order valence-corrected chi connectivity index (χ1v) is 4.22. The fourth-order valence-electron chi connectivity index (χ4n) is 1.04. The van der Waals surface area contributed by atoms with E-state index in [4.69, 9.17) is 4.52 Å². The first kappa shape index (κ1) is 7.03. The molecular formula is C7H6BrNO2. The van der Waals surface area contributed by atoms with Crippen molar-refractivity contribution in [3.63, 3.8) is 0 Å². The van der Waals surface area contributed by atoms with Crippen molar-refractivity contribution in [2.75, 3.05) is 0 Å². The van der Waals surface area contributed by atoms with E-state index in [0.29, 0.717) is 16.1 Å². The third-order valence-corrected chi connectivity index (χ3v) is 2.35. The Bertz CT molecular complexity index is 291. The summed E-state index contributed by atoms with van der Waals surface area (Å²) in [6.07, 6.45) is 3.01. The topological polar surface area (TPSA) is 43.1 Å². The maximum Gasteiger partial charge on any atom is 0.160 e. The van der Waals surface area contributed by atoms with Crippen molar-refractivity contribution >= 4 is 22.2 Å². The molecule has 0 unspecified atom stereocenters. The smallest absolute Gasteiger partial charge is 0.160 e. The molecule has 0 saturated heterocycles. The van der Waals surface area contributed by atoms with Crippen molar-refractivity contribution in [1.82, 2.24) is 5.16 Å². The highest BCUT2D eigenvalue weighted by atomic mass is 79.9. The predicted molar refractivity (Wildman–Crippen MR) is 41.6 cm³/mol. The summed E-state index contributed by atoms with van der Waals surface area (Å²) in [5.74, 6) is 1.18. The van der Waals surface area contributed by atoms with E-state index in [-0.39, 0.29) is 0 Å². The van der Waals surface area contributed by atoms with E-state index in [9.17, 15) is 4.79 Å². The Kier molecular flexibility index (Phi) is 1.56. The predicted octanol–water partition coefficient (Wildman–Crippen LogP) is 2.13. The van der Waals surface area contributed by atoms with Gasteiger partial charge >= 0.3 is 0 Å². The Hall–Kier alpha value is -0.640. The largest absolute Gasteiger partial charge is 0.359 e. The van der Waals surface area contributed by atoms with Crippen LogP contribution in [0.2, 0.25) is 0 Å². The minimum absolute atomic E-state index is 0.439. The third kappa shape index (κ3) is 1.11. The molecule has 3 nitrogen and oxygen atoms in total. The summed E-state index contributed by atoms with van der Waals surface area (Å²) in [5, 5.41) is 3.66. The van der Waals surface area contributed by atoms with Gasteiger partial charge < -0.3 is 4.52 Å². The molecule has 1 saturated carbocycles. The van der Waals surface area contributed by atoms with E-state index < -0.39 is 0 Å². The minimum atomic E-state index is 0.439. The average Bonchev–Trinajstić information content (AvgIpc) is 2.76. The molecule has 1 heterocycles. The summed E-state index contributed by atoms with van der Waals surface area (Å²) in [7, 11) is 0. The van der Waals surface area contributed by atoms with Crippen LogP contribution in [0.25, 0.3) is 0 Å². The van der Waals surface area contributed by atoms with Crippen molar-refractivity contribution in [3.05, 3.63) is 15.9 Å². The second kappa shape index (κ2) is 2.44. The normalized spacial score (nSPS) is 16.8. The van der Waals surface area contributed by atoms with Gasteiger partial charge in [-0.05, 0) is 28.8 Å². The van der Waals surface area contributed by atoms with Gasteiger partial charge in [-0.25, -0.2) is 0 Å². The van der Waals surface area contributed by atoms with Gasteiger partial charge in [-0.1, -0.05) is 5.16 Å². The number of hydrogen-bond acceptors (Lipinski definition) is 3. The lowest BCUT2D eigenvalue weighted by Gasteiger charge is -1.87. The third-order valence-electron chi connectivity index (χ3n) is 1.78. The lowest BCUT2D eigenvalue weighted by molar-refractivity contribution is 0.112. The van der Waals surface area contributed by atoms with Crippen LogP contribution < -0.4 is 0 Å². The highest BCUT2D eigenvalue weighted by Gasteiger charge is 2.31. The molecule has 0 bridgehead atoms. The first-order chi connectivity index (χ1) is 5.33. The van der Waals surface area contributed by atoms with E-state index in [1.165, 1.54) is 0 Å². The summed E-state index contributed by atoms with van der Waals surface area (Å²) in [6.45, 7) is 0. The molecule has 0 spiro atoms. The van der Waals surface area contributed by atoms with Crippen molar-refractivity contribution < 1.29 is 9.32 Å². The molecule has 2 rings (SSSR count). The van der Waals surface area contributed by atoms with Crippen LogP contribution in [0, 0.1) is 0 Å². The van der Waals surface area contributed by atoms with E-state index in [1.807, 2.05) is 0 Å².